The highest BCUT2D eigenvalue weighted by Gasteiger charge is 2.25. The summed E-state index contributed by atoms with van der Waals surface area (Å²) in [5.41, 5.74) is 0.964. The largest absolute Gasteiger partial charge is 0.459 e. The van der Waals surface area contributed by atoms with Crippen LogP contribution in [-0.2, 0) is 9.53 Å². The number of hydrogen-bond donors (Lipinski definition) is 1. The lowest BCUT2D eigenvalue weighted by Gasteiger charge is -2.35. The van der Waals surface area contributed by atoms with E-state index in [0.717, 1.165) is 18.7 Å². The van der Waals surface area contributed by atoms with Crippen molar-refractivity contribution in [3.05, 3.63) is 59.0 Å². The van der Waals surface area contributed by atoms with E-state index in [1.807, 2.05) is 24.3 Å². The van der Waals surface area contributed by atoms with Gasteiger partial charge >= 0.3 is 0 Å². The minimum atomic E-state index is -0.337. The maximum absolute atomic E-state index is 12.4. The molecule has 0 bridgehead atoms. The number of benzene rings is 1. The van der Waals surface area contributed by atoms with Crippen molar-refractivity contribution >= 4 is 23.4 Å². The molecule has 1 aromatic carbocycles. The lowest BCUT2D eigenvalue weighted by atomic mass is 10.0. The van der Waals surface area contributed by atoms with Crippen molar-refractivity contribution in [3.8, 4) is 0 Å². The Balaban J connectivity index is 1.62. The van der Waals surface area contributed by atoms with Crippen LogP contribution in [0, 0.1) is 0 Å². The summed E-state index contributed by atoms with van der Waals surface area (Å²) in [6.07, 6.45) is 1.43. The molecule has 2 heterocycles. The fourth-order valence-corrected chi connectivity index (χ4v) is 3.47. The summed E-state index contributed by atoms with van der Waals surface area (Å²) in [6, 6.07) is 10.8. The van der Waals surface area contributed by atoms with Crippen LogP contribution in [0.1, 0.15) is 22.2 Å². The van der Waals surface area contributed by atoms with Crippen molar-refractivity contribution < 1.29 is 18.7 Å². The molecule has 1 fully saturated rings. The molecule has 0 unspecified atom stereocenters. The van der Waals surface area contributed by atoms with Crippen LogP contribution in [0.2, 0.25) is 5.02 Å². The van der Waals surface area contributed by atoms with Crippen LogP contribution >= 0.6 is 11.6 Å². The van der Waals surface area contributed by atoms with Crippen LogP contribution in [0.5, 0.6) is 0 Å². The third kappa shape index (κ3) is 5.13. The number of likely N-dealkylation sites (N-methyl/N-ethyl adjacent to an activating group) is 1. The Morgan fingerprint density at radius 2 is 1.96 bits per heavy atom. The molecule has 2 amide bonds. The van der Waals surface area contributed by atoms with E-state index in [1.165, 1.54) is 11.2 Å². The number of carbonyl (C=O) groups is 2. The normalized spacial score (nSPS) is 15.8. The highest BCUT2D eigenvalue weighted by atomic mass is 35.5. The quantitative estimate of drug-likeness (QED) is 0.764. The molecular weight excluding hydrogens is 382 g/mol. The van der Waals surface area contributed by atoms with Gasteiger partial charge < -0.3 is 19.4 Å². The van der Waals surface area contributed by atoms with Gasteiger partial charge in [-0.15, -0.1) is 0 Å². The van der Waals surface area contributed by atoms with E-state index < -0.39 is 0 Å². The minimum absolute atomic E-state index is 0.0577. The van der Waals surface area contributed by atoms with Gasteiger partial charge in [0.05, 0.1) is 32.1 Å². The molecule has 7 nitrogen and oxygen atoms in total. The average molecular weight is 406 g/mol. The Labute approximate surface area is 169 Å². The molecule has 1 aromatic heterocycles. The summed E-state index contributed by atoms with van der Waals surface area (Å²) in [6.45, 7) is 3.17. The maximum Gasteiger partial charge on any atom is 0.289 e. The van der Waals surface area contributed by atoms with Gasteiger partial charge in [0, 0.05) is 31.7 Å². The van der Waals surface area contributed by atoms with E-state index in [-0.39, 0.29) is 30.2 Å². The molecule has 0 aliphatic carbocycles. The van der Waals surface area contributed by atoms with Crippen LogP contribution in [0.25, 0.3) is 0 Å². The maximum atomic E-state index is 12.4. The summed E-state index contributed by atoms with van der Waals surface area (Å²) in [5.74, 6) is -0.374. The average Bonchev–Trinajstić information content (AvgIpc) is 3.24. The third-order valence-corrected chi connectivity index (χ3v) is 5.05. The van der Waals surface area contributed by atoms with Crippen LogP contribution in [0.4, 0.5) is 0 Å². The van der Waals surface area contributed by atoms with Gasteiger partial charge in [0.25, 0.3) is 5.91 Å². The SMILES string of the molecule is CN(CC(=O)NC[C@H](c1ccccc1Cl)N1CCOCC1)C(=O)c1ccco1. The number of ether oxygens (including phenoxy) is 1. The van der Waals surface area contributed by atoms with Crippen molar-refractivity contribution in [1.82, 2.24) is 15.1 Å². The molecule has 1 atom stereocenters. The molecule has 150 valence electrons. The molecule has 0 spiro atoms. The van der Waals surface area contributed by atoms with Crippen LogP contribution < -0.4 is 5.32 Å². The highest BCUT2D eigenvalue weighted by molar-refractivity contribution is 6.31. The van der Waals surface area contributed by atoms with E-state index in [0.29, 0.717) is 24.8 Å². The Morgan fingerprint density at radius 1 is 1.21 bits per heavy atom. The summed E-state index contributed by atoms with van der Waals surface area (Å²) in [7, 11) is 1.57. The fraction of sp³-hybridized carbons (Fsp3) is 0.400. The molecule has 1 aliphatic heterocycles. The molecule has 8 heteroatoms. The molecule has 0 saturated carbocycles. The highest BCUT2D eigenvalue weighted by Crippen LogP contribution is 2.27. The van der Waals surface area contributed by atoms with Gasteiger partial charge in [-0.2, -0.15) is 0 Å². The van der Waals surface area contributed by atoms with E-state index in [1.54, 1.807) is 19.2 Å². The van der Waals surface area contributed by atoms with Gasteiger partial charge in [-0.3, -0.25) is 14.5 Å². The lowest BCUT2D eigenvalue weighted by Crippen LogP contribution is -2.45. The Hall–Kier alpha value is -2.35. The number of hydrogen-bond acceptors (Lipinski definition) is 5. The molecule has 28 heavy (non-hydrogen) atoms. The van der Waals surface area contributed by atoms with Crippen LogP contribution in [-0.4, -0.2) is 68.1 Å². The van der Waals surface area contributed by atoms with E-state index in [4.69, 9.17) is 20.8 Å². The molecule has 3 rings (SSSR count). The first-order chi connectivity index (χ1) is 13.6. The second kappa shape index (κ2) is 9.73. The van der Waals surface area contributed by atoms with E-state index >= 15 is 0 Å². The topological polar surface area (TPSA) is 75.0 Å². The van der Waals surface area contributed by atoms with Gasteiger partial charge in [0.2, 0.25) is 5.91 Å². The Kier molecular flexibility index (Phi) is 7.08. The van der Waals surface area contributed by atoms with Crippen LogP contribution in [0.3, 0.4) is 0 Å². The zero-order valence-corrected chi connectivity index (χ0v) is 16.5. The number of halogens is 1. The lowest BCUT2D eigenvalue weighted by molar-refractivity contribution is -0.121. The third-order valence-electron chi connectivity index (χ3n) is 4.70. The van der Waals surface area contributed by atoms with Crippen molar-refractivity contribution in [3.63, 3.8) is 0 Å². The number of furan rings is 1. The van der Waals surface area contributed by atoms with Crippen molar-refractivity contribution in [2.75, 3.05) is 46.4 Å². The molecule has 2 aromatic rings. The van der Waals surface area contributed by atoms with Gasteiger partial charge in [-0.05, 0) is 23.8 Å². The van der Waals surface area contributed by atoms with Crippen LogP contribution in [0.15, 0.2) is 47.1 Å². The predicted molar refractivity (Wildman–Crippen MR) is 105 cm³/mol. The van der Waals surface area contributed by atoms with Gasteiger partial charge in [0.15, 0.2) is 5.76 Å². The molecule has 1 N–H and O–H groups in total. The predicted octanol–water partition coefficient (Wildman–Crippen LogP) is 2.19. The van der Waals surface area contributed by atoms with Crippen molar-refractivity contribution in [2.45, 2.75) is 6.04 Å². The number of carbonyl (C=O) groups excluding carboxylic acids is 2. The van der Waals surface area contributed by atoms with Gasteiger partial charge in [0.1, 0.15) is 0 Å². The summed E-state index contributed by atoms with van der Waals surface area (Å²) in [5, 5.41) is 3.60. The van der Waals surface area contributed by atoms with Crippen molar-refractivity contribution in [2.24, 2.45) is 0 Å². The molecule has 0 radical (unpaired) electrons. The second-order valence-electron chi connectivity index (χ2n) is 6.63. The Morgan fingerprint density at radius 3 is 2.64 bits per heavy atom. The number of amides is 2. The summed E-state index contributed by atoms with van der Waals surface area (Å²) >= 11 is 6.40. The first-order valence-corrected chi connectivity index (χ1v) is 9.56. The first kappa shape index (κ1) is 20.4. The fourth-order valence-electron chi connectivity index (χ4n) is 3.21. The Bertz CT molecular complexity index is 791. The minimum Gasteiger partial charge on any atom is -0.459 e. The zero-order chi connectivity index (χ0) is 19.9. The van der Waals surface area contributed by atoms with Gasteiger partial charge in [-0.1, -0.05) is 29.8 Å². The van der Waals surface area contributed by atoms with E-state index in [2.05, 4.69) is 10.2 Å². The number of rotatable bonds is 7. The number of nitrogens with zero attached hydrogens (tertiary/aromatic N) is 2. The smallest absolute Gasteiger partial charge is 0.289 e. The summed E-state index contributed by atoms with van der Waals surface area (Å²) < 4.78 is 10.5. The molecular formula is C20H24ClN3O4. The molecule has 1 saturated heterocycles. The monoisotopic (exact) mass is 405 g/mol. The van der Waals surface area contributed by atoms with Crippen molar-refractivity contribution in [1.29, 1.82) is 0 Å². The van der Waals surface area contributed by atoms with E-state index in [9.17, 15) is 9.59 Å². The number of nitrogens with one attached hydrogen (secondary N) is 1. The summed E-state index contributed by atoms with van der Waals surface area (Å²) in [4.78, 5) is 28.2. The molecule has 1 aliphatic rings. The standard InChI is InChI=1S/C20H24ClN3O4/c1-23(20(26)18-7-4-10-28-18)14-19(25)22-13-17(24-8-11-27-12-9-24)15-5-2-3-6-16(15)21/h2-7,10,17H,8-9,11-14H2,1H3,(H,22,25)/t17-/m1/s1. The first-order valence-electron chi connectivity index (χ1n) is 9.18. The zero-order valence-electron chi connectivity index (χ0n) is 15.8. The second-order valence-corrected chi connectivity index (χ2v) is 7.04. The van der Waals surface area contributed by atoms with Gasteiger partial charge in [-0.25, -0.2) is 0 Å². The number of morpholine rings is 1.